The molecular weight excluding hydrogens is 501 g/mol. The van der Waals surface area contributed by atoms with E-state index in [1.54, 1.807) is 0 Å². The van der Waals surface area contributed by atoms with Crippen molar-refractivity contribution in [3.8, 4) is 11.1 Å². The number of rotatable bonds is 4. The summed E-state index contributed by atoms with van der Waals surface area (Å²) < 4.78 is 3.00. The molecule has 0 aliphatic rings. The fourth-order valence-electron chi connectivity index (χ4n) is 5.09. The molecule has 0 atom stereocenters. The van der Waals surface area contributed by atoms with E-state index in [0.29, 0.717) is 14.5 Å². The van der Waals surface area contributed by atoms with Gasteiger partial charge in [-0.3, -0.25) is 0 Å². The zero-order valence-corrected chi connectivity index (χ0v) is 21.3. The van der Waals surface area contributed by atoms with Crippen LogP contribution < -0.4 is 4.90 Å². The van der Waals surface area contributed by atoms with E-state index < -0.39 is 0 Å². The van der Waals surface area contributed by atoms with E-state index in [2.05, 4.69) is 144 Å². The Morgan fingerprint density at radius 3 is 1.75 bits per heavy atom. The van der Waals surface area contributed by atoms with Crippen molar-refractivity contribution in [2.75, 3.05) is 4.90 Å². The summed E-state index contributed by atoms with van der Waals surface area (Å²) in [5.41, 5.74) is 5.96. The predicted molar refractivity (Wildman–Crippen MR) is 156 cm³/mol. The van der Waals surface area contributed by atoms with Crippen LogP contribution >= 0.6 is 0 Å². The van der Waals surface area contributed by atoms with Gasteiger partial charge in [0, 0.05) is 0 Å². The van der Waals surface area contributed by atoms with Crippen LogP contribution in [0.1, 0.15) is 0 Å². The van der Waals surface area contributed by atoms with Gasteiger partial charge in [-0.15, -0.1) is 0 Å². The normalized spacial score (nSPS) is 11.3. The van der Waals surface area contributed by atoms with Gasteiger partial charge in [0.25, 0.3) is 0 Å². The van der Waals surface area contributed by atoms with Crippen LogP contribution in [0, 0.1) is 0 Å². The SMILES string of the molecule is c1ccc(N(c2ccccc2)c2ccc(-c3ccc4[se]c5c6ccccc6ccc5c4c3)cc2)cc1. The van der Waals surface area contributed by atoms with Crippen molar-refractivity contribution in [3.63, 3.8) is 0 Å². The molecule has 0 amide bonds. The van der Waals surface area contributed by atoms with Crippen molar-refractivity contribution in [2.45, 2.75) is 0 Å². The number of nitrogens with zero attached hydrogens (tertiary/aromatic N) is 1. The van der Waals surface area contributed by atoms with E-state index in [9.17, 15) is 0 Å². The van der Waals surface area contributed by atoms with E-state index in [1.165, 1.54) is 41.2 Å². The first kappa shape index (κ1) is 21.2. The Kier molecular flexibility index (Phi) is 5.21. The van der Waals surface area contributed by atoms with E-state index in [0.717, 1.165) is 17.1 Å². The van der Waals surface area contributed by atoms with Crippen LogP contribution in [0.5, 0.6) is 0 Å². The second-order valence-corrected chi connectivity index (χ2v) is 11.2. The minimum atomic E-state index is 0.347. The molecule has 0 fully saturated rings. The summed E-state index contributed by atoms with van der Waals surface area (Å²) in [7, 11) is 0. The molecule has 7 aromatic rings. The monoisotopic (exact) mass is 525 g/mol. The molecule has 0 saturated heterocycles. The Morgan fingerprint density at radius 1 is 0.417 bits per heavy atom. The predicted octanol–water partition coefficient (Wildman–Crippen LogP) is 9.34. The van der Waals surface area contributed by atoms with Crippen LogP contribution in [0.25, 0.3) is 41.2 Å². The van der Waals surface area contributed by atoms with Crippen LogP contribution in [0.2, 0.25) is 0 Å². The molecule has 0 bridgehead atoms. The first-order chi connectivity index (χ1) is 17.8. The molecule has 2 heteroatoms. The summed E-state index contributed by atoms with van der Waals surface area (Å²) in [6, 6.07) is 50.4. The maximum atomic E-state index is 2.39. The molecule has 36 heavy (non-hydrogen) atoms. The van der Waals surface area contributed by atoms with Gasteiger partial charge in [0.2, 0.25) is 0 Å². The summed E-state index contributed by atoms with van der Waals surface area (Å²) in [4.78, 5) is 2.30. The van der Waals surface area contributed by atoms with E-state index in [4.69, 9.17) is 0 Å². The zero-order valence-electron chi connectivity index (χ0n) is 19.6. The van der Waals surface area contributed by atoms with Gasteiger partial charge in [-0.25, -0.2) is 0 Å². The van der Waals surface area contributed by atoms with Gasteiger partial charge in [-0.1, -0.05) is 12.1 Å². The average Bonchev–Trinajstić information content (AvgIpc) is 3.33. The summed E-state index contributed by atoms with van der Waals surface area (Å²) in [6.45, 7) is 0. The van der Waals surface area contributed by atoms with Gasteiger partial charge in [-0.05, 0) is 0 Å². The molecule has 0 spiro atoms. The molecule has 0 unspecified atom stereocenters. The number of benzene rings is 6. The third kappa shape index (κ3) is 3.63. The Balaban J connectivity index is 1.31. The van der Waals surface area contributed by atoms with E-state index in [1.807, 2.05) is 0 Å². The summed E-state index contributed by atoms with van der Waals surface area (Å²) >= 11 is 0.347. The first-order valence-electron chi connectivity index (χ1n) is 12.2. The molecule has 6 aromatic carbocycles. The second-order valence-electron chi connectivity index (χ2n) is 9.03. The van der Waals surface area contributed by atoms with Crippen LogP contribution in [0.4, 0.5) is 17.1 Å². The molecular formula is C34H23NSe. The van der Waals surface area contributed by atoms with Crippen LogP contribution in [-0.4, -0.2) is 14.5 Å². The Hall–Kier alpha value is -4.10. The molecule has 0 saturated carbocycles. The van der Waals surface area contributed by atoms with Gasteiger partial charge in [0.15, 0.2) is 0 Å². The Bertz CT molecular complexity index is 1780. The first-order valence-corrected chi connectivity index (χ1v) is 13.9. The molecule has 7 rings (SSSR count). The van der Waals surface area contributed by atoms with Gasteiger partial charge in [0.1, 0.15) is 0 Å². The van der Waals surface area contributed by atoms with Crippen LogP contribution in [0.3, 0.4) is 0 Å². The number of para-hydroxylation sites is 2. The summed E-state index contributed by atoms with van der Waals surface area (Å²) in [6.07, 6.45) is 0. The number of hydrogen-bond acceptors (Lipinski definition) is 1. The number of hydrogen-bond donors (Lipinski definition) is 0. The summed E-state index contributed by atoms with van der Waals surface area (Å²) in [5.74, 6) is 0. The van der Waals surface area contributed by atoms with Gasteiger partial charge in [-0.2, -0.15) is 0 Å². The maximum absolute atomic E-state index is 2.39. The molecule has 0 aliphatic carbocycles. The third-order valence-electron chi connectivity index (χ3n) is 6.85. The van der Waals surface area contributed by atoms with Crippen molar-refractivity contribution in [1.82, 2.24) is 0 Å². The molecule has 0 N–H and O–H groups in total. The van der Waals surface area contributed by atoms with Crippen molar-refractivity contribution >= 4 is 61.6 Å². The molecule has 1 nitrogen and oxygen atoms in total. The molecule has 1 aromatic heterocycles. The third-order valence-corrected chi connectivity index (χ3v) is 9.41. The van der Waals surface area contributed by atoms with Crippen molar-refractivity contribution in [1.29, 1.82) is 0 Å². The van der Waals surface area contributed by atoms with Gasteiger partial charge >= 0.3 is 205 Å². The summed E-state index contributed by atoms with van der Waals surface area (Å²) in [5, 5.41) is 5.54. The minimum absolute atomic E-state index is 0.347. The molecule has 0 radical (unpaired) electrons. The molecule has 1 heterocycles. The molecule has 0 aliphatic heterocycles. The topological polar surface area (TPSA) is 3.24 Å². The fourth-order valence-corrected chi connectivity index (χ4v) is 7.65. The standard InChI is InChI=1S/C34H23NSe/c1-3-10-27(11-4-1)35(28-12-5-2-6-13-28)29-19-15-24(16-20-29)26-18-22-33-32(23-26)31-21-17-25-9-7-8-14-30(25)34(31)36-33/h1-23H. The Labute approximate surface area is 216 Å². The quantitative estimate of drug-likeness (QED) is 0.207. The van der Waals surface area contributed by atoms with Gasteiger partial charge < -0.3 is 0 Å². The van der Waals surface area contributed by atoms with Crippen molar-refractivity contribution in [3.05, 3.63) is 140 Å². The number of anilines is 3. The number of fused-ring (bicyclic) bond motifs is 5. The van der Waals surface area contributed by atoms with E-state index in [-0.39, 0.29) is 0 Å². The van der Waals surface area contributed by atoms with Crippen LogP contribution in [0.15, 0.2) is 140 Å². The van der Waals surface area contributed by atoms with E-state index >= 15 is 0 Å². The van der Waals surface area contributed by atoms with Crippen molar-refractivity contribution in [2.24, 2.45) is 0 Å². The second kappa shape index (κ2) is 8.84. The average molecular weight is 525 g/mol. The van der Waals surface area contributed by atoms with Crippen molar-refractivity contribution < 1.29 is 0 Å². The van der Waals surface area contributed by atoms with Crippen LogP contribution in [-0.2, 0) is 0 Å². The fraction of sp³-hybridized carbons (Fsp3) is 0. The Morgan fingerprint density at radius 2 is 1.03 bits per heavy atom. The zero-order chi connectivity index (χ0) is 23.9. The van der Waals surface area contributed by atoms with Gasteiger partial charge in [0.05, 0.1) is 0 Å². The molecule has 170 valence electrons.